The molecule has 0 amide bonds. The van der Waals surface area contributed by atoms with E-state index in [2.05, 4.69) is 20.8 Å². The molecule has 0 bridgehead atoms. The van der Waals surface area contributed by atoms with Crippen molar-refractivity contribution in [2.45, 2.75) is 65.2 Å². The minimum atomic E-state index is -0.780. The third-order valence-electron chi connectivity index (χ3n) is 6.07. The van der Waals surface area contributed by atoms with E-state index in [0.717, 1.165) is 19.3 Å². The first-order chi connectivity index (χ1) is 8.35. The zero-order valence-electron chi connectivity index (χ0n) is 11.5. The van der Waals surface area contributed by atoms with E-state index in [0.29, 0.717) is 18.8 Å². The number of hydrogen-bond acceptors (Lipinski definition) is 2. The second-order valence-electron chi connectivity index (χ2n) is 7.33. The largest absolute Gasteiger partial charge is 0.462 e. The number of carbonyl (C=O) groups excluding carboxylic acids is 1. The fourth-order valence-electron chi connectivity index (χ4n) is 5.06. The summed E-state index contributed by atoms with van der Waals surface area (Å²) in [5.74, 6) is 0.352. The second kappa shape index (κ2) is 3.71. The van der Waals surface area contributed by atoms with Crippen LogP contribution in [-0.2, 0) is 9.53 Å². The smallest absolute Gasteiger partial charge is 0.306 e. The average molecular weight is 254 g/mol. The molecule has 1 unspecified atom stereocenters. The van der Waals surface area contributed by atoms with Crippen molar-refractivity contribution < 1.29 is 13.9 Å². The zero-order valence-corrected chi connectivity index (χ0v) is 11.5. The van der Waals surface area contributed by atoms with Gasteiger partial charge in [0.25, 0.3) is 0 Å². The van der Waals surface area contributed by atoms with E-state index in [-0.39, 0.29) is 28.8 Å². The Morgan fingerprint density at radius 3 is 2.67 bits per heavy atom. The number of carbonyl (C=O) groups is 1. The van der Waals surface area contributed by atoms with E-state index in [1.165, 1.54) is 0 Å². The SMILES string of the molecule is CC1(C)CCC(F)[C@]2(C)[C@H]3CC(=O)O[C@@H]3CC[C@@H]12. The Morgan fingerprint density at radius 2 is 1.94 bits per heavy atom. The molecule has 2 nitrogen and oxygen atoms in total. The molecule has 102 valence electrons. The molecule has 0 N–H and O–H groups in total. The Bertz CT molecular complexity index is 379. The van der Waals surface area contributed by atoms with Crippen molar-refractivity contribution in [1.29, 1.82) is 0 Å². The monoisotopic (exact) mass is 254 g/mol. The lowest BCUT2D eigenvalue weighted by atomic mass is 9.47. The van der Waals surface area contributed by atoms with Crippen molar-refractivity contribution in [3.63, 3.8) is 0 Å². The van der Waals surface area contributed by atoms with E-state index in [1.807, 2.05) is 0 Å². The maximum Gasteiger partial charge on any atom is 0.306 e. The predicted molar refractivity (Wildman–Crippen MR) is 66.7 cm³/mol. The number of alkyl halides is 1. The van der Waals surface area contributed by atoms with Crippen LogP contribution in [0, 0.1) is 22.7 Å². The summed E-state index contributed by atoms with van der Waals surface area (Å²) in [5, 5.41) is 0. The number of hydrogen-bond donors (Lipinski definition) is 0. The maximum atomic E-state index is 14.6. The summed E-state index contributed by atoms with van der Waals surface area (Å²) in [6.07, 6.45) is 3.14. The summed E-state index contributed by atoms with van der Waals surface area (Å²) in [5.41, 5.74) is -0.176. The molecule has 0 spiro atoms. The van der Waals surface area contributed by atoms with Crippen LogP contribution in [0.4, 0.5) is 4.39 Å². The third-order valence-corrected chi connectivity index (χ3v) is 6.07. The highest BCUT2D eigenvalue weighted by Gasteiger charge is 2.62. The van der Waals surface area contributed by atoms with Crippen molar-refractivity contribution in [2.75, 3.05) is 0 Å². The highest BCUT2D eigenvalue weighted by Crippen LogP contribution is 2.62. The molecule has 5 atom stereocenters. The van der Waals surface area contributed by atoms with Crippen LogP contribution >= 0.6 is 0 Å². The van der Waals surface area contributed by atoms with Gasteiger partial charge >= 0.3 is 5.97 Å². The maximum absolute atomic E-state index is 14.6. The molecule has 3 heteroatoms. The van der Waals surface area contributed by atoms with Gasteiger partial charge in [0.15, 0.2) is 0 Å². The van der Waals surface area contributed by atoms with Crippen LogP contribution in [0.5, 0.6) is 0 Å². The van der Waals surface area contributed by atoms with E-state index >= 15 is 0 Å². The van der Waals surface area contributed by atoms with Crippen LogP contribution in [0.3, 0.4) is 0 Å². The average Bonchev–Trinajstić information content (AvgIpc) is 2.66. The highest BCUT2D eigenvalue weighted by molar-refractivity contribution is 5.72. The Labute approximate surface area is 108 Å². The van der Waals surface area contributed by atoms with Crippen LogP contribution in [0.25, 0.3) is 0 Å². The number of rotatable bonds is 0. The quantitative estimate of drug-likeness (QED) is 0.618. The zero-order chi connectivity index (χ0) is 13.1. The Hall–Kier alpha value is -0.600. The summed E-state index contributed by atoms with van der Waals surface area (Å²) in [6.45, 7) is 6.60. The standard InChI is InChI=1S/C15H23FO2/c1-14(2)7-6-12(16)15(3)9-8-13(17)18-10(9)4-5-11(14)15/h9-12H,4-8H2,1-3H3/t9-,10+,11-,12?,15+/m0/s1. The fraction of sp³-hybridized carbons (Fsp3) is 0.933. The normalized spacial score (nSPS) is 50.3. The predicted octanol–water partition coefficient (Wildman–Crippen LogP) is 3.49. The van der Waals surface area contributed by atoms with Crippen LogP contribution in [0.15, 0.2) is 0 Å². The van der Waals surface area contributed by atoms with Gasteiger partial charge in [0.2, 0.25) is 0 Å². The van der Waals surface area contributed by atoms with Gasteiger partial charge in [-0.15, -0.1) is 0 Å². The first kappa shape index (κ1) is 12.4. The summed E-state index contributed by atoms with van der Waals surface area (Å²) in [4.78, 5) is 11.5. The molecule has 0 radical (unpaired) electrons. The number of ether oxygens (including phenoxy) is 1. The van der Waals surface area contributed by atoms with Gasteiger partial charge in [-0.05, 0) is 37.0 Å². The molecule has 1 aliphatic heterocycles. The lowest BCUT2D eigenvalue weighted by Gasteiger charge is -2.58. The Balaban J connectivity index is 2.00. The lowest BCUT2D eigenvalue weighted by Crippen LogP contribution is -2.57. The molecule has 0 aromatic rings. The summed E-state index contributed by atoms with van der Waals surface area (Å²) in [6, 6.07) is 0. The first-order valence-electron chi connectivity index (χ1n) is 7.19. The van der Waals surface area contributed by atoms with Crippen molar-refractivity contribution in [1.82, 2.24) is 0 Å². The Morgan fingerprint density at radius 1 is 1.22 bits per heavy atom. The van der Waals surface area contributed by atoms with Gasteiger partial charge in [-0.25, -0.2) is 4.39 Å². The minimum Gasteiger partial charge on any atom is -0.462 e. The molecule has 2 aliphatic carbocycles. The molecule has 0 aromatic heterocycles. The fourth-order valence-corrected chi connectivity index (χ4v) is 5.06. The first-order valence-corrected chi connectivity index (χ1v) is 7.19. The number of halogens is 1. The van der Waals surface area contributed by atoms with Gasteiger partial charge in [0.1, 0.15) is 12.3 Å². The van der Waals surface area contributed by atoms with E-state index in [4.69, 9.17) is 4.74 Å². The van der Waals surface area contributed by atoms with Crippen LogP contribution in [-0.4, -0.2) is 18.2 Å². The Kier molecular flexibility index (Phi) is 2.56. The van der Waals surface area contributed by atoms with Crippen molar-refractivity contribution >= 4 is 5.97 Å². The summed E-state index contributed by atoms with van der Waals surface area (Å²) in [7, 11) is 0. The highest BCUT2D eigenvalue weighted by atomic mass is 19.1. The van der Waals surface area contributed by atoms with Crippen molar-refractivity contribution in [2.24, 2.45) is 22.7 Å². The molecule has 3 fully saturated rings. The van der Waals surface area contributed by atoms with Crippen LogP contribution in [0.1, 0.15) is 52.9 Å². The van der Waals surface area contributed by atoms with Crippen molar-refractivity contribution in [3.05, 3.63) is 0 Å². The van der Waals surface area contributed by atoms with Gasteiger partial charge in [-0.1, -0.05) is 20.8 Å². The molecule has 1 heterocycles. The molecule has 2 saturated carbocycles. The molecular formula is C15H23FO2. The van der Waals surface area contributed by atoms with Crippen LogP contribution < -0.4 is 0 Å². The van der Waals surface area contributed by atoms with Gasteiger partial charge in [0.05, 0.1) is 6.42 Å². The molecule has 3 rings (SSSR count). The van der Waals surface area contributed by atoms with Gasteiger partial charge < -0.3 is 4.74 Å². The summed E-state index contributed by atoms with van der Waals surface area (Å²) < 4.78 is 20.0. The minimum absolute atomic E-state index is 0.0223. The van der Waals surface area contributed by atoms with Gasteiger partial charge in [-0.2, -0.15) is 0 Å². The molecular weight excluding hydrogens is 231 g/mol. The number of fused-ring (bicyclic) bond motifs is 3. The van der Waals surface area contributed by atoms with Gasteiger partial charge in [0, 0.05) is 11.3 Å². The van der Waals surface area contributed by atoms with E-state index < -0.39 is 6.17 Å². The van der Waals surface area contributed by atoms with Gasteiger partial charge in [-0.3, -0.25) is 4.79 Å². The third kappa shape index (κ3) is 1.48. The van der Waals surface area contributed by atoms with E-state index in [1.54, 1.807) is 0 Å². The second-order valence-corrected chi connectivity index (χ2v) is 7.33. The molecule has 3 aliphatic rings. The summed E-state index contributed by atoms with van der Waals surface area (Å²) >= 11 is 0. The molecule has 1 saturated heterocycles. The molecule has 0 aromatic carbocycles. The number of esters is 1. The topological polar surface area (TPSA) is 26.3 Å². The molecule has 18 heavy (non-hydrogen) atoms. The van der Waals surface area contributed by atoms with E-state index in [9.17, 15) is 9.18 Å². The van der Waals surface area contributed by atoms with Crippen molar-refractivity contribution in [3.8, 4) is 0 Å². The van der Waals surface area contributed by atoms with Crippen LogP contribution in [0.2, 0.25) is 0 Å². The lowest BCUT2D eigenvalue weighted by molar-refractivity contribution is -0.154.